The molecule has 0 aliphatic heterocycles. The first-order valence-electron chi connectivity index (χ1n) is 6.07. The van der Waals surface area contributed by atoms with Crippen molar-refractivity contribution in [3.63, 3.8) is 0 Å². The Balaban J connectivity index is 2.13. The minimum absolute atomic E-state index is 0.488. The molecule has 3 nitrogen and oxygen atoms in total. The second-order valence-electron chi connectivity index (χ2n) is 5.52. The van der Waals surface area contributed by atoms with Crippen LogP contribution in [0.2, 0.25) is 0 Å². The monoisotopic (exact) mass is 215 g/mol. The Labute approximate surface area is 92.9 Å². The normalized spacial score (nSPS) is 21.6. The predicted octanol–water partition coefficient (Wildman–Crippen LogP) is 1.43. The summed E-state index contributed by atoms with van der Waals surface area (Å²) in [5.41, 5.74) is -1.10. The van der Waals surface area contributed by atoms with Gasteiger partial charge < -0.3 is 15.5 Å². The Morgan fingerprint density at radius 3 is 2.33 bits per heavy atom. The number of hydrogen-bond donors (Lipinski definition) is 3. The third-order valence-corrected chi connectivity index (χ3v) is 3.15. The maximum absolute atomic E-state index is 10.2. The summed E-state index contributed by atoms with van der Waals surface area (Å²) in [6, 6.07) is 0. The van der Waals surface area contributed by atoms with Crippen LogP contribution in [0.25, 0.3) is 0 Å². The van der Waals surface area contributed by atoms with Gasteiger partial charge in [-0.3, -0.25) is 0 Å². The van der Waals surface area contributed by atoms with Crippen LogP contribution in [0.3, 0.4) is 0 Å². The van der Waals surface area contributed by atoms with Crippen LogP contribution in [0.5, 0.6) is 0 Å². The molecule has 0 bridgehead atoms. The van der Waals surface area contributed by atoms with E-state index >= 15 is 0 Å². The van der Waals surface area contributed by atoms with Crippen molar-refractivity contribution in [2.45, 2.75) is 63.6 Å². The number of aliphatic hydroxyl groups is 2. The van der Waals surface area contributed by atoms with Crippen molar-refractivity contribution in [2.24, 2.45) is 0 Å². The average molecular weight is 215 g/mol. The van der Waals surface area contributed by atoms with Crippen LogP contribution in [0.1, 0.15) is 52.4 Å². The molecule has 3 heteroatoms. The summed E-state index contributed by atoms with van der Waals surface area (Å²) in [6.45, 7) is 5.06. The van der Waals surface area contributed by atoms with Gasteiger partial charge in [-0.05, 0) is 39.7 Å². The molecule has 0 aromatic carbocycles. The Hall–Kier alpha value is -0.120. The molecule has 0 heterocycles. The van der Waals surface area contributed by atoms with Crippen molar-refractivity contribution in [2.75, 3.05) is 13.1 Å². The van der Waals surface area contributed by atoms with Crippen LogP contribution < -0.4 is 5.32 Å². The van der Waals surface area contributed by atoms with Gasteiger partial charge in [0.15, 0.2) is 0 Å². The first kappa shape index (κ1) is 12.9. The van der Waals surface area contributed by atoms with Gasteiger partial charge in [0.2, 0.25) is 0 Å². The molecule has 0 aromatic rings. The van der Waals surface area contributed by atoms with E-state index in [2.05, 4.69) is 5.32 Å². The molecule has 1 saturated carbocycles. The average Bonchev–Trinajstić information content (AvgIpc) is 2.12. The topological polar surface area (TPSA) is 52.5 Å². The van der Waals surface area contributed by atoms with E-state index in [0.29, 0.717) is 6.54 Å². The second-order valence-corrected chi connectivity index (χ2v) is 5.52. The van der Waals surface area contributed by atoms with E-state index in [4.69, 9.17) is 0 Å². The van der Waals surface area contributed by atoms with Gasteiger partial charge in [0.25, 0.3) is 0 Å². The molecular formula is C12H25NO2. The summed E-state index contributed by atoms with van der Waals surface area (Å²) in [5.74, 6) is 0. The molecule has 0 aromatic heterocycles. The van der Waals surface area contributed by atoms with Gasteiger partial charge in [0, 0.05) is 6.54 Å². The van der Waals surface area contributed by atoms with Crippen LogP contribution in [-0.2, 0) is 0 Å². The maximum Gasteiger partial charge on any atom is 0.0771 e. The van der Waals surface area contributed by atoms with Crippen molar-refractivity contribution in [1.29, 1.82) is 0 Å². The Kier molecular flexibility index (Phi) is 4.56. The van der Waals surface area contributed by atoms with Gasteiger partial charge in [-0.25, -0.2) is 0 Å². The van der Waals surface area contributed by atoms with Crippen LogP contribution in [-0.4, -0.2) is 34.5 Å². The molecule has 1 fully saturated rings. The summed E-state index contributed by atoms with van der Waals surface area (Å²) in [5, 5.41) is 22.9. The van der Waals surface area contributed by atoms with Gasteiger partial charge in [0.1, 0.15) is 0 Å². The van der Waals surface area contributed by atoms with Crippen molar-refractivity contribution < 1.29 is 10.2 Å². The Bertz CT molecular complexity index is 181. The molecule has 3 N–H and O–H groups in total. The Morgan fingerprint density at radius 1 is 1.20 bits per heavy atom. The quantitative estimate of drug-likeness (QED) is 0.608. The highest BCUT2D eigenvalue weighted by Crippen LogP contribution is 2.27. The molecule has 0 spiro atoms. The zero-order valence-electron chi connectivity index (χ0n) is 10.1. The number of rotatable bonds is 5. The fourth-order valence-corrected chi connectivity index (χ4v) is 2.10. The van der Waals surface area contributed by atoms with Gasteiger partial charge in [-0.2, -0.15) is 0 Å². The van der Waals surface area contributed by atoms with E-state index in [1.807, 2.05) is 13.8 Å². The molecule has 0 unspecified atom stereocenters. The van der Waals surface area contributed by atoms with Crippen LogP contribution in [0.15, 0.2) is 0 Å². The van der Waals surface area contributed by atoms with Crippen molar-refractivity contribution in [3.05, 3.63) is 0 Å². The van der Waals surface area contributed by atoms with Crippen LogP contribution >= 0.6 is 0 Å². The smallest absolute Gasteiger partial charge is 0.0771 e. The van der Waals surface area contributed by atoms with E-state index in [1.54, 1.807) is 0 Å². The molecule has 0 saturated heterocycles. The zero-order chi connectivity index (χ0) is 11.4. The lowest BCUT2D eigenvalue weighted by Gasteiger charge is -2.32. The summed E-state index contributed by atoms with van der Waals surface area (Å²) in [4.78, 5) is 0. The summed E-state index contributed by atoms with van der Waals surface area (Å²) in [6.07, 6.45) is 6.10. The van der Waals surface area contributed by atoms with Crippen LogP contribution in [0, 0.1) is 0 Å². The molecule has 0 atom stereocenters. The Morgan fingerprint density at radius 2 is 1.80 bits per heavy atom. The SMILES string of the molecule is CC(C)(O)CCNCC1(O)CCCCC1. The standard InChI is InChI=1S/C12H25NO2/c1-11(2,14)8-9-13-10-12(15)6-4-3-5-7-12/h13-15H,3-10H2,1-2H3. The van der Waals surface area contributed by atoms with E-state index in [-0.39, 0.29) is 0 Å². The molecule has 1 aliphatic carbocycles. The van der Waals surface area contributed by atoms with Crippen molar-refractivity contribution in [1.82, 2.24) is 5.32 Å². The minimum atomic E-state index is -0.609. The molecule has 1 rings (SSSR count). The highest BCUT2D eigenvalue weighted by Gasteiger charge is 2.28. The van der Waals surface area contributed by atoms with E-state index < -0.39 is 11.2 Å². The zero-order valence-corrected chi connectivity index (χ0v) is 10.1. The van der Waals surface area contributed by atoms with Gasteiger partial charge in [-0.1, -0.05) is 19.3 Å². The summed E-state index contributed by atoms with van der Waals surface area (Å²) in [7, 11) is 0. The molecule has 1 aliphatic rings. The van der Waals surface area contributed by atoms with E-state index in [1.165, 1.54) is 6.42 Å². The lowest BCUT2D eigenvalue weighted by molar-refractivity contribution is 0.00276. The largest absolute Gasteiger partial charge is 0.390 e. The highest BCUT2D eigenvalue weighted by molar-refractivity contribution is 4.84. The highest BCUT2D eigenvalue weighted by atomic mass is 16.3. The summed E-state index contributed by atoms with van der Waals surface area (Å²) >= 11 is 0. The first-order valence-corrected chi connectivity index (χ1v) is 6.07. The minimum Gasteiger partial charge on any atom is -0.390 e. The van der Waals surface area contributed by atoms with Gasteiger partial charge in [-0.15, -0.1) is 0 Å². The molecular weight excluding hydrogens is 190 g/mol. The fraction of sp³-hybridized carbons (Fsp3) is 1.00. The fourth-order valence-electron chi connectivity index (χ4n) is 2.10. The van der Waals surface area contributed by atoms with E-state index in [0.717, 1.165) is 38.6 Å². The second kappa shape index (κ2) is 5.28. The third-order valence-electron chi connectivity index (χ3n) is 3.15. The van der Waals surface area contributed by atoms with Crippen molar-refractivity contribution in [3.8, 4) is 0 Å². The van der Waals surface area contributed by atoms with Crippen molar-refractivity contribution >= 4 is 0 Å². The van der Waals surface area contributed by atoms with Gasteiger partial charge in [0.05, 0.1) is 11.2 Å². The number of nitrogens with one attached hydrogen (secondary N) is 1. The molecule has 0 amide bonds. The lowest BCUT2D eigenvalue weighted by atomic mass is 9.85. The number of hydrogen-bond acceptors (Lipinski definition) is 3. The third kappa shape index (κ3) is 5.50. The summed E-state index contributed by atoms with van der Waals surface area (Å²) < 4.78 is 0. The lowest BCUT2D eigenvalue weighted by Crippen LogP contribution is -2.43. The van der Waals surface area contributed by atoms with Crippen LogP contribution in [0.4, 0.5) is 0 Å². The predicted molar refractivity (Wildman–Crippen MR) is 61.8 cm³/mol. The molecule has 90 valence electrons. The molecule has 15 heavy (non-hydrogen) atoms. The molecule has 0 radical (unpaired) electrons. The maximum atomic E-state index is 10.2. The van der Waals surface area contributed by atoms with Gasteiger partial charge >= 0.3 is 0 Å². The van der Waals surface area contributed by atoms with E-state index in [9.17, 15) is 10.2 Å². The first-order chi connectivity index (χ1) is 6.91.